The normalized spacial score (nSPS) is 17.9. The molecule has 0 bridgehead atoms. The minimum Gasteiger partial charge on any atom is -0.271 e. The molecule has 0 atom stereocenters. The number of piperidine rings is 1. The third kappa shape index (κ3) is 3.31. The lowest BCUT2D eigenvalue weighted by Crippen LogP contribution is -2.39. The molecule has 1 N–H and O–H groups in total. The number of halogens is 1. The maximum Gasteiger partial charge on any atom is 0.301 e. The fourth-order valence-corrected chi connectivity index (χ4v) is 3.25. The summed E-state index contributed by atoms with van der Waals surface area (Å²) in [5.74, 6) is 0. The molecule has 0 amide bonds. The molecule has 0 aromatic carbocycles. The van der Waals surface area contributed by atoms with Crippen molar-refractivity contribution < 1.29 is 8.42 Å². The topological polar surface area (TPSA) is 62.3 Å². The van der Waals surface area contributed by atoms with E-state index < -0.39 is 10.2 Å². The van der Waals surface area contributed by atoms with Crippen LogP contribution in [0.4, 0.5) is 5.69 Å². The van der Waals surface area contributed by atoms with Crippen LogP contribution in [0.1, 0.15) is 19.3 Å². The van der Waals surface area contributed by atoms with Crippen LogP contribution in [0.2, 0.25) is 5.15 Å². The molecule has 1 aliphatic heterocycles. The minimum atomic E-state index is -3.46. The van der Waals surface area contributed by atoms with Gasteiger partial charge >= 0.3 is 10.2 Å². The van der Waals surface area contributed by atoms with E-state index in [2.05, 4.69) is 9.71 Å². The van der Waals surface area contributed by atoms with Crippen molar-refractivity contribution in [2.24, 2.45) is 0 Å². The van der Waals surface area contributed by atoms with Crippen molar-refractivity contribution >= 4 is 27.5 Å². The molecule has 0 aliphatic carbocycles. The van der Waals surface area contributed by atoms with E-state index in [-0.39, 0.29) is 5.15 Å². The number of nitrogens with one attached hydrogen (secondary N) is 1. The average molecular weight is 276 g/mol. The number of hydrogen-bond acceptors (Lipinski definition) is 3. The zero-order chi connectivity index (χ0) is 12.3. The summed E-state index contributed by atoms with van der Waals surface area (Å²) in [5, 5.41) is 0.267. The Labute approximate surface area is 106 Å². The Morgan fingerprint density at radius 1 is 1.29 bits per heavy atom. The van der Waals surface area contributed by atoms with Crippen LogP contribution >= 0.6 is 11.6 Å². The molecular weight excluding hydrogens is 262 g/mol. The number of pyridine rings is 1. The molecule has 1 saturated heterocycles. The van der Waals surface area contributed by atoms with Gasteiger partial charge in [-0.25, -0.2) is 4.98 Å². The fourth-order valence-electron chi connectivity index (χ4n) is 1.78. The first-order chi connectivity index (χ1) is 8.08. The molecule has 2 heterocycles. The fraction of sp³-hybridized carbons (Fsp3) is 0.500. The highest BCUT2D eigenvalue weighted by Crippen LogP contribution is 2.18. The van der Waals surface area contributed by atoms with Crippen molar-refractivity contribution in [1.82, 2.24) is 9.29 Å². The van der Waals surface area contributed by atoms with Crippen molar-refractivity contribution in [2.45, 2.75) is 19.3 Å². The second kappa shape index (κ2) is 5.20. The van der Waals surface area contributed by atoms with Crippen LogP contribution in [-0.4, -0.2) is 30.8 Å². The van der Waals surface area contributed by atoms with Crippen LogP contribution in [0.3, 0.4) is 0 Å². The van der Waals surface area contributed by atoms with Gasteiger partial charge in [0.05, 0.1) is 5.69 Å². The van der Waals surface area contributed by atoms with Crippen molar-refractivity contribution in [2.75, 3.05) is 17.8 Å². The molecule has 94 valence electrons. The van der Waals surface area contributed by atoms with Gasteiger partial charge in [-0.15, -0.1) is 0 Å². The van der Waals surface area contributed by atoms with Crippen molar-refractivity contribution in [1.29, 1.82) is 0 Å². The summed E-state index contributed by atoms with van der Waals surface area (Å²) >= 11 is 5.70. The Bertz CT molecular complexity index is 486. The summed E-state index contributed by atoms with van der Waals surface area (Å²) < 4.78 is 28.0. The largest absolute Gasteiger partial charge is 0.301 e. The maximum atomic E-state index is 12.0. The molecule has 0 spiro atoms. The van der Waals surface area contributed by atoms with E-state index in [0.717, 1.165) is 19.3 Å². The summed E-state index contributed by atoms with van der Waals surface area (Å²) in [7, 11) is -3.46. The molecule has 5 nitrogen and oxygen atoms in total. The van der Waals surface area contributed by atoms with Gasteiger partial charge in [0.1, 0.15) is 5.15 Å². The standard InChI is InChI=1S/C10H14ClN3O2S/c11-10-8-9(4-5-12-10)13-17(15,16)14-6-2-1-3-7-14/h4-5,8H,1-3,6-7H2,(H,12,13). The van der Waals surface area contributed by atoms with Gasteiger partial charge in [-0.05, 0) is 25.0 Å². The molecule has 1 aromatic rings. The van der Waals surface area contributed by atoms with E-state index in [9.17, 15) is 8.42 Å². The van der Waals surface area contributed by atoms with Gasteiger partial charge in [-0.3, -0.25) is 4.72 Å². The quantitative estimate of drug-likeness (QED) is 0.857. The molecule has 7 heteroatoms. The SMILES string of the molecule is O=S(=O)(Nc1ccnc(Cl)c1)N1CCCCC1. The van der Waals surface area contributed by atoms with Crippen LogP contribution in [-0.2, 0) is 10.2 Å². The van der Waals surface area contributed by atoms with Gasteiger partial charge in [0.2, 0.25) is 0 Å². The first kappa shape index (κ1) is 12.6. The average Bonchev–Trinajstić information content (AvgIpc) is 2.29. The molecule has 1 fully saturated rings. The summed E-state index contributed by atoms with van der Waals surface area (Å²) in [4.78, 5) is 3.80. The molecule has 0 radical (unpaired) electrons. The zero-order valence-corrected chi connectivity index (χ0v) is 10.8. The van der Waals surface area contributed by atoms with E-state index in [1.165, 1.54) is 16.6 Å². The lowest BCUT2D eigenvalue weighted by atomic mass is 10.2. The van der Waals surface area contributed by atoms with E-state index in [1.54, 1.807) is 6.07 Å². The van der Waals surface area contributed by atoms with Crippen LogP contribution in [0.5, 0.6) is 0 Å². The van der Waals surface area contributed by atoms with Crippen molar-refractivity contribution in [3.05, 3.63) is 23.5 Å². The van der Waals surface area contributed by atoms with Crippen molar-refractivity contribution in [3.63, 3.8) is 0 Å². The van der Waals surface area contributed by atoms with Crippen LogP contribution in [0, 0.1) is 0 Å². The van der Waals surface area contributed by atoms with Gasteiger partial charge in [0.25, 0.3) is 0 Å². The molecule has 2 rings (SSSR count). The molecule has 1 aromatic heterocycles. The molecular formula is C10H14ClN3O2S. The Morgan fingerprint density at radius 2 is 2.00 bits per heavy atom. The number of anilines is 1. The zero-order valence-electron chi connectivity index (χ0n) is 9.26. The van der Waals surface area contributed by atoms with E-state index in [4.69, 9.17) is 11.6 Å². The maximum absolute atomic E-state index is 12.0. The van der Waals surface area contributed by atoms with Gasteiger partial charge < -0.3 is 0 Å². The third-order valence-electron chi connectivity index (χ3n) is 2.63. The number of aromatic nitrogens is 1. The summed E-state index contributed by atoms with van der Waals surface area (Å²) in [6.45, 7) is 1.16. The first-order valence-electron chi connectivity index (χ1n) is 5.47. The Balaban J connectivity index is 2.11. The van der Waals surface area contributed by atoms with E-state index in [0.29, 0.717) is 18.8 Å². The molecule has 0 saturated carbocycles. The van der Waals surface area contributed by atoms with Gasteiger partial charge in [-0.1, -0.05) is 18.0 Å². The van der Waals surface area contributed by atoms with Gasteiger partial charge in [0.15, 0.2) is 0 Å². The Morgan fingerprint density at radius 3 is 2.65 bits per heavy atom. The Hall–Kier alpha value is -0.850. The smallest absolute Gasteiger partial charge is 0.271 e. The molecule has 0 unspecified atom stereocenters. The van der Waals surface area contributed by atoms with Crippen molar-refractivity contribution in [3.8, 4) is 0 Å². The summed E-state index contributed by atoms with van der Waals surface area (Å²) in [6, 6.07) is 3.07. The van der Waals surface area contributed by atoms with Gasteiger partial charge in [0, 0.05) is 19.3 Å². The highest BCUT2D eigenvalue weighted by Gasteiger charge is 2.23. The predicted octanol–water partition coefficient (Wildman–Crippen LogP) is 1.88. The number of nitrogens with zero attached hydrogens (tertiary/aromatic N) is 2. The number of hydrogen-bond donors (Lipinski definition) is 1. The third-order valence-corrected chi connectivity index (χ3v) is 4.37. The van der Waals surface area contributed by atoms with E-state index >= 15 is 0 Å². The lowest BCUT2D eigenvalue weighted by molar-refractivity contribution is 0.349. The Kier molecular flexibility index (Phi) is 3.86. The second-order valence-corrected chi connectivity index (χ2v) is 5.99. The van der Waals surface area contributed by atoms with E-state index in [1.807, 2.05) is 0 Å². The number of rotatable bonds is 3. The summed E-state index contributed by atoms with van der Waals surface area (Å²) in [6.07, 6.45) is 4.39. The monoisotopic (exact) mass is 275 g/mol. The predicted molar refractivity (Wildman–Crippen MR) is 67.2 cm³/mol. The van der Waals surface area contributed by atoms with Gasteiger partial charge in [-0.2, -0.15) is 12.7 Å². The van der Waals surface area contributed by atoms with Crippen LogP contribution < -0.4 is 4.72 Å². The first-order valence-corrected chi connectivity index (χ1v) is 7.29. The molecule has 17 heavy (non-hydrogen) atoms. The lowest BCUT2D eigenvalue weighted by Gasteiger charge is -2.26. The van der Waals surface area contributed by atoms with Crippen LogP contribution in [0.25, 0.3) is 0 Å². The second-order valence-electron chi connectivity index (χ2n) is 3.93. The summed E-state index contributed by atoms with van der Waals surface area (Å²) in [5.41, 5.74) is 0.440. The molecule has 1 aliphatic rings. The minimum absolute atomic E-state index is 0.267. The van der Waals surface area contributed by atoms with Crippen LogP contribution in [0.15, 0.2) is 18.3 Å². The highest BCUT2D eigenvalue weighted by molar-refractivity contribution is 7.90. The highest BCUT2D eigenvalue weighted by atomic mass is 35.5.